The van der Waals surface area contributed by atoms with Gasteiger partial charge in [-0.05, 0) is 19.4 Å². The van der Waals surface area contributed by atoms with Gasteiger partial charge < -0.3 is 9.64 Å². The molecule has 0 spiro atoms. The van der Waals surface area contributed by atoms with E-state index in [1.165, 1.54) is 4.68 Å². The Bertz CT molecular complexity index is 1110. The highest BCUT2D eigenvalue weighted by molar-refractivity contribution is 5.76. The third-order valence-corrected chi connectivity index (χ3v) is 5.75. The molecule has 164 valence electrons. The van der Waals surface area contributed by atoms with E-state index >= 15 is 0 Å². The summed E-state index contributed by atoms with van der Waals surface area (Å²) in [6.07, 6.45) is 1.41. The smallest absolute Gasteiger partial charge is 0.346 e. The lowest BCUT2D eigenvalue weighted by atomic mass is 10.2. The molecule has 0 aliphatic carbocycles. The fraction of sp³-hybridized carbons (Fsp3) is 0.455. The molecule has 1 unspecified atom stereocenters. The molecule has 0 saturated heterocycles. The third-order valence-electron chi connectivity index (χ3n) is 5.75. The van der Waals surface area contributed by atoms with Gasteiger partial charge in [-0.3, -0.25) is 14.0 Å². The van der Waals surface area contributed by atoms with Crippen LogP contribution in [0.15, 0.2) is 41.3 Å². The van der Waals surface area contributed by atoms with Crippen LogP contribution in [0.25, 0.3) is 0 Å². The summed E-state index contributed by atoms with van der Waals surface area (Å²) in [7, 11) is 1.77. The Morgan fingerprint density at radius 1 is 1.26 bits per heavy atom. The highest BCUT2D eigenvalue weighted by Gasteiger charge is 2.30. The van der Waals surface area contributed by atoms with E-state index in [-0.39, 0.29) is 18.0 Å². The van der Waals surface area contributed by atoms with E-state index in [1.54, 1.807) is 16.5 Å². The molecule has 1 aliphatic rings. The van der Waals surface area contributed by atoms with Crippen LogP contribution in [0.3, 0.4) is 0 Å². The van der Waals surface area contributed by atoms with Crippen molar-refractivity contribution in [3.05, 3.63) is 69.7 Å². The number of aryl methyl sites for hydroxylation is 1. The Hall–Kier alpha value is -3.20. The zero-order valence-corrected chi connectivity index (χ0v) is 18.2. The van der Waals surface area contributed by atoms with Crippen molar-refractivity contribution < 1.29 is 9.53 Å². The number of rotatable bonds is 7. The molecule has 1 aliphatic heterocycles. The van der Waals surface area contributed by atoms with E-state index in [0.29, 0.717) is 32.1 Å². The highest BCUT2D eigenvalue weighted by atomic mass is 16.5. The number of aromatic nitrogens is 5. The summed E-state index contributed by atoms with van der Waals surface area (Å²) in [5.41, 5.74) is 2.91. The third kappa shape index (κ3) is 4.32. The van der Waals surface area contributed by atoms with Crippen LogP contribution in [-0.2, 0) is 35.7 Å². The van der Waals surface area contributed by atoms with Gasteiger partial charge in [-0.2, -0.15) is 10.2 Å². The van der Waals surface area contributed by atoms with E-state index in [9.17, 15) is 9.59 Å². The van der Waals surface area contributed by atoms with Gasteiger partial charge in [0.2, 0.25) is 5.91 Å². The minimum Gasteiger partial charge on any atom is -0.368 e. The van der Waals surface area contributed by atoms with Gasteiger partial charge in [0.1, 0.15) is 6.10 Å². The van der Waals surface area contributed by atoms with Crippen LogP contribution >= 0.6 is 0 Å². The first-order valence-corrected chi connectivity index (χ1v) is 10.6. The highest BCUT2D eigenvalue weighted by Crippen LogP contribution is 2.24. The van der Waals surface area contributed by atoms with Crippen LogP contribution in [0.4, 0.5) is 0 Å². The SMILES string of the molecule is CCn1ncc(CN(C)C(=O)CC2OCCn3c2nn(Cc2ccccc2)c3=O)c1C. The van der Waals surface area contributed by atoms with Crippen LogP contribution in [0.1, 0.15) is 42.1 Å². The Labute approximate surface area is 180 Å². The normalized spacial score (nSPS) is 15.6. The van der Waals surface area contributed by atoms with Crippen molar-refractivity contribution in [1.82, 2.24) is 29.0 Å². The minimum atomic E-state index is -0.534. The summed E-state index contributed by atoms with van der Waals surface area (Å²) in [5.74, 6) is 0.455. The first kappa shape index (κ1) is 21.0. The van der Waals surface area contributed by atoms with Gasteiger partial charge in [0.05, 0.1) is 32.3 Å². The standard InChI is InChI=1S/C22H28N6O3/c1-4-27-16(2)18(13-23-27)15-25(3)20(29)12-19-21-24-28(14-17-8-6-5-7-9-17)22(30)26(21)10-11-31-19/h5-9,13,19H,4,10-12,14-15H2,1-3H3. The van der Waals surface area contributed by atoms with E-state index in [4.69, 9.17) is 4.74 Å². The number of benzene rings is 1. The van der Waals surface area contributed by atoms with Crippen molar-refractivity contribution >= 4 is 5.91 Å². The van der Waals surface area contributed by atoms with E-state index in [0.717, 1.165) is 23.4 Å². The van der Waals surface area contributed by atoms with Gasteiger partial charge in [-0.1, -0.05) is 30.3 Å². The second-order valence-electron chi connectivity index (χ2n) is 7.82. The lowest BCUT2D eigenvalue weighted by Crippen LogP contribution is -2.34. The Morgan fingerprint density at radius 2 is 2.03 bits per heavy atom. The summed E-state index contributed by atoms with van der Waals surface area (Å²) in [6, 6.07) is 9.72. The lowest BCUT2D eigenvalue weighted by Gasteiger charge is -2.24. The number of hydrogen-bond acceptors (Lipinski definition) is 5. The maximum Gasteiger partial charge on any atom is 0.346 e. The second-order valence-corrected chi connectivity index (χ2v) is 7.82. The fourth-order valence-corrected chi connectivity index (χ4v) is 3.89. The molecule has 31 heavy (non-hydrogen) atoms. The fourth-order valence-electron chi connectivity index (χ4n) is 3.89. The van der Waals surface area contributed by atoms with Crippen molar-refractivity contribution in [2.75, 3.05) is 13.7 Å². The number of carbonyl (C=O) groups is 1. The molecule has 2 aromatic heterocycles. The van der Waals surface area contributed by atoms with Crippen molar-refractivity contribution in [1.29, 1.82) is 0 Å². The van der Waals surface area contributed by atoms with Crippen molar-refractivity contribution in [3.8, 4) is 0 Å². The molecule has 0 fully saturated rings. The number of nitrogens with zero attached hydrogens (tertiary/aromatic N) is 6. The number of hydrogen-bond donors (Lipinski definition) is 0. The quantitative estimate of drug-likeness (QED) is 0.577. The average Bonchev–Trinajstić information content (AvgIpc) is 3.29. The maximum atomic E-state index is 12.9. The molecular weight excluding hydrogens is 396 g/mol. The molecule has 0 N–H and O–H groups in total. The van der Waals surface area contributed by atoms with Gasteiger partial charge in [-0.25, -0.2) is 9.48 Å². The molecule has 1 atom stereocenters. The molecule has 0 bridgehead atoms. The molecule has 3 aromatic rings. The molecule has 4 rings (SSSR count). The Morgan fingerprint density at radius 3 is 2.74 bits per heavy atom. The summed E-state index contributed by atoms with van der Waals surface area (Å²) in [6.45, 7) is 6.53. The molecule has 1 aromatic carbocycles. The molecule has 9 heteroatoms. The number of carbonyl (C=O) groups excluding carboxylic acids is 1. The van der Waals surface area contributed by atoms with Gasteiger partial charge in [0, 0.05) is 31.4 Å². The zero-order valence-electron chi connectivity index (χ0n) is 18.2. The largest absolute Gasteiger partial charge is 0.368 e. The van der Waals surface area contributed by atoms with Gasteiger partial charge >= 0.3 is 5.69 Å². The molecule has 0 radical (unpaired) electrons. The van der Waals surface area contributed by atoms with E-state index in [1.807, 2.05) is 55.1 Å². The molecule has 9 nitrogen and oxygen atoms in total. The molecule has 1 amide bonds. The van der Waals surface area contributed by atoms with Crippen molar-refractivity contribution in [2.45, 2.75) is 52.6 Å². The maximum absolute atomic E-state index is 12.9. The molecule has 3 heterocycles. The van der Waals surface area contributed by atoms with Crippen molar-refractivity contribution in [2.24, 2.45) is 0 Å². The lowest BCUT2D eigenvalue weighted by molar-refractivity contribution is -0.134. The van der Waals surface area contributed by atoms with E-state index in [2.05, 4.69) is 10.2 Å². The first-order chi connectivity index (χ1) is 15.0. The van der Waals surface area contributed by atoms with Crippen LogP contribution < -0.4 is 5.69 Å². The predicted octanol–water partition coefficient (Wildman–Crippen LogP) is 1.74. The van der Waals surface area contributed by atoms with Crippen molar-refractivity contribution in [3.63, 3.8) is 0 Å². The topological polar surface area (TPSA) is 87.2 Å². The van der Waals surface area contributed by atoms with Crippen LogP contribution in [0.5, 0.6) is 0 Å². The first-order valence-electron chi connectivity index (χ1n) is 10.6. The van der Waals surface area contributed by atoms with Crippen LogP contribution in [0, 0.1) is 6.92 Å². The molecular formula is C22H28N6O3. The molecule has 0 saturated carbocycles. The average molecular weight is 425 g/mol. The minimum absolute atomic E-state index is 0.0628. The van der Waals surface area contributed by atoms with Crippen LogP contribution in [0.2, 0.25) is 0 Å². The summed E-state index contributed by atoms with van der Waals surface area (Å²) in [5, 5.41) is 8.85. The second kappa shape index (κ2) is 8.89. The number of amides is 1. The van der Waals surface area contributed by atoms with Gasteiger partial charge in [-0.15, -0.1) is 0 Å². The monoisotopic (exact) mass is 424 g/mol. The van der Waals surface area contributed by atoms with Gasteiger partial charge in [0.25, 0.3) is 0 Å². The number of ether oxygens (including phenoxy) is 1. The zero-order chi connectivity index (χ0) is 22.0. The Kier molecular flexibility index (Phi) is 6.03. The van der Waals surface area contributed by atoms with E-state index < -0.39 is 6.10 Å². The summed E-state index contributed by atoms with van der Waals surface area (Å²) < 4.78 is 10.8. The van der Waals surface area contributed by atoms with Crippen LogP contribution in [-0.4, -0.2) is 48.6 Å². The summed E-state index contributed by atoms with van der Waals surface area (Å²) >= 11 is 0. The van der Waals surface area contributed by atoms with Gasteiger partial charge in [0.15, 0.2) is 5.82 Å². The predicted molar refractivity (Wildman–Crippen MR) is 114 cm³/mol. The summed E-state index contributed by atoms with van der Waals surface area (Å²) in [4.78, 5) is 27.4. The Balaban J connectivity index is 1.47. The number of fused-ring (bicyclic) bond motifs is 1.